The van der Waals surface area contributed by atoms with Gasteiger partial charge in [-0.25, -0.2) is 0 Å². The Morgan fingerprint density at radius 2 is 1.55 bits per heavy atom. The number of carbonyl (C=O) groups excluding carboxylic acids is 1. The molecule has 2 aromatic rings. The van der Waals surface area contributed by atoms with Crippen LogP contribution in [0.25, 0.3) is 0 Å². The number of benzene rings is 2. The summed E-state index contributed by atoms with van der Waals surface area (Å²) in [6, 6.07) is 10.5. The van der Waals surface area contributed by atoms with Gasteiger partial charge in [0.15, 0.2) is 0 Å². The van der Waals surface area contributed by atoms with Crippen molar-refractivity contribution in [2.45, 2.75) is 103 Å². The molecule has 0 fully saturated rings. The third-order valence-corrected chi connectivity index (χ3v) is 10.0. The number of methoxy groups -OCH3 is 1. The summed E-state index contributed by atoms with van der Waals surface area (Å²) in [5.74, 6) is -0.0292. The third kappa shape index (κ3) is 7.63. The van der Waals surface area contributed by atoms with Gasteiger partial charge in [0.2, 0.25) is 0 Å². The fourth-order valence-corrected chi connectivity index (χ4v) is 7.28. The number of carboxylic acid groups (broad SMARTS) is 1. The molecule has 0 bridgehead atoms. The molecule has 1 N–H and O–H groups in total. The number of carbonyl (C=O) groups is 2. The van der Waals surface area contributed by atoms with Gasteiger partial charge in [-0.3, -0.25) is 0 Å². The standard InChI is InChI=1S/C32H44O5Se/c1-7-22-19-23(14-15-24(22)30(34)35)38-28-21-26-25(31(2,3)16-17-32(26,4)5)20-27(28)37-18-12-10-8-9-11-13-29(33)36-6/h14-15,19-21H,7-13,16-18H2,1-6H3,(H,34,35). The van der Waals surface area contributed by atoms with E-state index in [1.807, 2.05) is 13.0 Å². The van der Waals surface area contributed by atoms with Crippen molar-refractivity contribution in [2.24, 2.45) is 0 Å². The van der Waals surface area contributed by atoms with Gasteiger partial charge < -0.3 is 0 Å². The number of ether oxygens (including phenoxy) is 2. The van der Waals surface area contributed by atoms with E-state index in [2.05, 4.69) is 45.9 Å². The zero-order valence-electron chi connectivity index (χ0n) is 23.9. The number of unbranched alkanes of at least 4 members (excludes halogenated alkanes) is 4. The first kappa shape index (κ1) is 30.2. The van der Waals surface area contributed by atoms with Gasteiger partial charge in [-0.2, -0.15) is 0 Å². The third-order valence-electron chi connectivity index (χ3n) is 7.84. The van der Waals surface area contributed by atoms with E-state index < -0.39 is 5.97 Å². The molecule has 0 spiro atoms. The number of hydrogen-bond donors (Lipinski definition) is 1. The van der Waals surface area contributed by atoms with E-state index in [-0.39, 0.29) is 31.8 Å². The Kier molecular flexibility index (Phi) is 10.5. The summed E-state index contributed by atoms with van der Waals surface area (Å²) in [4.78, 5) is 22.9. The number of esters is 1. The van der Waals surface area contributed by atoms with Crippen LogP contribution in [-0.2, 0) is 26.8 Å². The second-order valence-corrected chi connectivity index (χ2v) is 14.0. The summed E-state index contributed by atoms with van der Waals surface area (Å²) in [6.07, 6.45) is 8.52. The van der Waals surface area contributed by atoms with Crippen LogP contribution in [0.2, 0.25) is 0 Å². The molecule has 5 nitrogen and oxygen atoms in total. The Balaban J connectivity index is 1.80. The van der Waals surface area contributed by atoms with Crippen molar-refractivity contribution in [2.75, 3.05) is 13.7 Å². The molecule has 0 atom stereocenters. The number of aromatic carboxylic acids is 1. The number of carboxylic acids is 1. The molecule has 2 aromatic carbocycles. The SMILES string of the molecule is CCc1cc([Se]c2cc3c(cc2OCCCCCCCC(=O)OC)C(C)(C)CCC3(C)C)ccc1C(=O)O. The molecule has 38 heavy (non-hydrogen) atoms. The van der Waals surface area contributed by atoms with Crippen molar-refractivity contribution in [3.05, 3.63) is 52.6 Å². The molecular weight excluding hydrogens is 543 g/mol. The van der Waals surface area contributed by atoms with Crippen LogP contribution in [0.4, 0.5) is 0 Å². The van der Waals surface area contributed by atoms with Crippen molar-refractivity contribution in [3.8, 4) is 5.75 Å². The average molecular weight is 588 g/mol. The summed E-state index contributed by atoms with van der Waals surface area (Å²) >= 11 is -0.00310. The van der Waals surface area contributed by atoms with Crippen LogP contribution in [0.3, 0.4) is 0 Å². The predicted octanol–water partition coefficient (Wildman–Crippen LogP) is 5.84. The molecule has 0 aromatic heterocycles. The summed E-state index contributed by atoms with van der Waals surface area (Å²) in [5, 5.41) is 9.55. The van der Waals surface area contributed by atoms with Crippen molar-refractivity contribution < 1.29 is 24.2 Å². The normalized spacial score (nSPS) is 15.5. The Hall–Kier alpha value is -2.30. The van der Waals surface area contributed by atoms with Crippen molar-refractivity contribution in [3.63, 3.8) is 0 Å². The first-order valence-corrected chi connectivity index (χ1v) is 15.6. The molecule has 0 unspecified atom stereocenters. The van der Waals surface area contributed by atoms with Crippen LogP contribution in [0.15, 0.2) is 30.3 Å². The maximum atomic E-state index is 11.6. The molecule has 1 aliphatic carbocycles. The molecule has 0 heterocycles. The van der Waals surface area contributed by atoms with Gasteiger partial charge in [-0.1, -0.05) is 0 Å². The van der Waals surface area contributed by atoms with Gasteiger partial charge in [-0.05, 0) is 0 Å². The van der Waals surface area contributed by atoms with E-state index in [0.717, 1.165) is 56.3 Å². The van der Waals surface area contributed by atoms with Crippen LogP contribution in [0, 0.1) is 0 Å². The summed E-state index contributed by atoms with van der Waals surface area (Å²) in [6.45, 7) is 12.0. The van der Waals surface area contributed by atoms with E-state index in [1.54, 1.807) is 6.07 Å². The second kappa shape index (κ2) is 13.2. The molecule has 0 radical (unpaired) electrons. The second-order valence-electron chi connectivity index (χ2n) is 11.6. The Bertz CT molecular complexity index is 1130. The minimum atomic E-state index is -0.868. The monoisotopic (exact) mass is 588 g/mol. The Morgan fingerprint density at radius 3 is 2.18 bits per heavy atom. The molecule has 3 rings (SSSR count). The van der Waals surface area contributed by atoms with Crippen LogP contribution in [-0.4, -0.2) is 45.7 Å². The molecule has 6 heteroatoms. The summed E-state index contributed by atoms with van der Waals surface area (Å²) < 4.78 is 13.6. The van der Waals surface area contributed by atoms with E-state index in [1.165, 1.54) is 27.2 Å². The van der Waals surface area contributed by atoms with Gasteiger partial charge >= 0.3 is 228 Å². The van der Waals surface area contributed by atoms with E-state index in [0.29, 0.717) is 25.0 Å². The zero-order valence-corrected chi connectivity index (χ0v) is 25.7. The van der Waals surface area contributed by atoms with E-state index >= 15 is 0 Å². The van der Waals surface area contributed by atoms with Gasteiger partial charge in [0.25, 0.3) is 0 Å². The Morgan fingerprint density at radius 1 is 0.921 bits per heavy atom. The number of aryl methyl sites for hydroxylation is 1. The summed E-state index contributed by atoms with van der Waals surface area (Å²) in [7, 11) is 1.44. The Labute approximate surface area is 234 Å². The predicted molar refractivity (Wildman–Crippen MR) is 155 cm³/mol. The molecule has 0 saturated carbocycles. The molecule has 0 aliphatic heterocycles. The molecular formula is C32H44O5Se. The average Bonchev–Trinajstić information content (AvgIpc) is 2.88. The first-order chi connectivity index (χ1) is 18.0. The maximum absolute atomic E-state index is 11.6. The minimum absolute atomic E-state index is 0.00310. The number of fused-ring (bicyclic) bond motifs is 1. The number of rotatable bonds is 13. The van der Waals surface area contributed by atoms with Crippen molar-refractivity contribution >= 4 is 35.8 Å². The van der Waals surface area contributed by atoms with Gasteiger partial charge in [0.05, 0.1) is 7.11 Å². The quantitative estimate of drug-likeness (QED) is 0.181. The van der Waals surface area contributed by atoms with Crippen LogP contribution >= 0.6 is 0 Å². The fourth-order valence-electron chi connectivity index (χ4n) is 5.21. The van der Waals surface area contributed by atoms with Gasteiger partial charge in [0.1, 0.15) is 0 Å². The zero-order chi connectivity index (χ0) is 27.9. The molecule has 0 amide bonds. The van der Waals surface area contributed by atoms with E-state index in [9.17, 15) is 14.7 Å². The topological polar surface area (TPSA) is 72.8 Å². The molecule has 1 aliphatic rings. The van der Waals surface area contributed by atoms with Gasteiger partial charge in [-0.15, -0.1) is 0 Å². The molecule has 0 saturated heterocycles. The van der Waals surface area contributed by atoms with Crippen LogP contribution in [0.1, 0.15) is 113 Å². The van der Waals surface area contributed by atoms with Crippen molar-refractivity contribution in [1.29, 1.82) is 0 Å². The van der Waals surface area contributed by atoms with Gasteiger partial charge in [0, 0.05) is 0 Å². The molecule has 208 valence electrons. The number of hydrogen-bond acceptors (Lipinski definition) is 4. The van der Waals surface area contributed by atoms with Crippen LogP contribution in [0.5, 0.6) is 5.75 Å². The fraction of sp³-hybridized carbons (Fsp3) is 0.562. The van der Waals surface area contributed by atoms with E-state index in [4.69, 9.17) is 9.47 Å². The summed E-state index contributed by atoms with van der Waals surface area (Å²) in [5.41, 5.74) is 4.30. The van der Waals surface area contributed by atoms with Crippen LogP contribution < -0.4 is 13.7 Å². The van der Waals surface area contributed by atoms with Crippen molar-refractivity contribution in [1.82, 2.24) is 0 Å². The first-order valence-electron chi connectivity index (χ1n) is 13.9.